The lowest BCUT2D eigenvalue weighted by Crippen LogP contribution is -2.32. The maximum Gasteiger partial charge on any atom is 0.274 e. The summed E-state index contributed by atoms with van der Waals surface area (Å²) in [6, 6.07) is 8.04. The van der Waals surface area contributed by atoms with Crippen molar-refractivity contribution in [2.45, 2.75) is 45.2 Å². The van der Waals surface area contributed by atoms with Crippen LogP contribution in [0.3, 0.4) is 0 Å². The standard InChI is InChI=1S/C20H26ClN5O/c1-12-11-17(12)19(14-3-5-15(21)6-4-14)23-20(27)18-13(2)26(25-24-18)16-7-9-22-10-8-16/h3-6,12,16-17,19,22H,7-11H2,1-2H3,(H,23,27)/t12-,17+,19+/m0/s1. The van der Waals surface area contributed by atoms with Crippen molar-refractivity contribution in [2.75, 3.05) is 13.1 Å². The fraction of sp³-hybridized carbons (Fsp3) is 0.550. The van der Waals surface area contributed by atoms with E-state index in [9.17, 15) is 4.79 Å². The van der Waals surface area contributed by atoms with Crippen molar-refractivity contribution in [1.82, 2.24) is 25.6 Å². The number of piperidine rings is 1. The first-order chi connectivity index (χ1) is 13.0. The smallest absolute Gasteiger partial charge is 0.274 e. The topological polar surface area (TPSA) is 71.8 Å². The van der Waals surface area contributed by atoms with Gasteiger partial charge in [0.15, 0.2) is 5.69 Å². The third-order valence-electron chi connectivity index (χ3n) is 5.91. The molecule has 0 unspecified atom stereocenters. The number of hydrogen-bond acceptors (Lipinski definition) is 4. The maximum absolute atomic E-state index is 13.0. The summed E-state index contributed by atoms with van der Waals surface area (Å²) in [7, 11) is 0. The van der Waals surface area contributed by atoms with Crippen LogP contribution in [0.2, 0.25) is 5.02 Å². The number of carbonyl (C=O) groups excluding carboxylic acids is 1. The third-order valence-corrected chi connectivity index (χ3v) is 6.16. The van der Waals surface area contributed by atoms with Gasteiger partial charge in [0.25, 0.3) is 5.91 Å². The third kappa shape index (κ3) is 3.87. The first kappa shape index (κ1) is 18.4. The number of halogens is 1. The Labute approximate surface area is 164 Å². The van der Waals surface area contributed by atoms with Crippen molar-refractivity contribution in [3.63, 3.8) is 0 Å². The molecule has 1 amide bonds. The molecule has 2 heterocycles. The minimum absolute atomic E-state index is 0.0202. The van der Waals surface area contributed by atoms with Crippen LogP contribution in [0.5, 0.6) is 0 Å². The van der Waals surface area contributed by atoms with Crippen molar-refractivity contribution in [2.24, 2.45) is 11.8 Å². The van der Waals surface area contributed by atoms with Gasteiger partial charge in [-0.2, -0.15) is 0 Å². The average molecular weight is 388 g/mol. The van der Waals surface area contributed by atoms with Gasteiger partial charge in [0.2, 0.25) is 0 Å². The van der Waals surface area contributed by atoms with Gasteiger partial charge in [-0.25, -0.2) is 4.68 Å². The number of rotatable bonds is 5. The van der Waals surface area contributed by atoms with Gasteiger partial charge in [-0.3, -0.25) is 4.79 Å². The molecule has 1 aromatic heterocycles. The quantitative estimate of drug-likeness (QED) is 0.825. The summed E-state index contributed by atoms with van der Waals surface area (Å²) in [4.78, 5) is 13.0. The molecule has 1 saturated heterocycles. The van der Waals surface area contributed by atoms with Crippen LogP contribution in [0.25, 0.3) is 0 Å². The van der Waals surface area contributed by atoms with E-state index in [1.807, 2.05) is 35.9 Å². The molecule has 2 fully saturated rings. The van der Waals surface area contributed by atoms with E-state index >= 15 is 0 Å². The van der Waals surface area contributed by atoms with E-state index in [0.29, 0.717) is 28.6 Å². The second kappa shape index (κ2) is 7.60. The second-order valence-electron chi connectivity index (χ2n) is 7.83. The SMILES string of the molecule is Cc1c(C(=O)N[C@H](c2ccc(Cl)cc2)[C@@H]2C[C@@H]2C)nnn1C1CCNCC1. The van der Waals surface area contributed by atoms with Gasteiger partial charge in [0.1, 0.15) is 0 Å². The van der Waals surface area contributed by atoms with Crippen LogP contribution in [0.1, 0.15) is 60.0 Å². The predicted molar refractivity (Wildman–Crippen MR) is 105 cm³/mol. The highest BCUT2D eigenvalue weighted by atomic mass is 35.5. The zero-order valence-corrected chi connectivity index (χ0v) is 16.5. The second-order valence-corrected chi connectivity index (χ2v) is 8.27. The normalized spacial score (nSPS) is 23.8. The number of hydrogen-bond donors (Lipinski definition) is 2. The van der Waals surface area contributed by atoms with Crippen LogP contribution in [-0.2, 0) is 0 Å². The summed E-state index contributed by atoms with van der Waals surface area (Å²) >= 11 is 6.03. The largest absolute Gasteiger partial charge is 0.343 e. The Morgan fingerprint density at radius 3 is 2.59 bits per heavy atom. The highest BCUT2D eigenvalue weighted by Crippen LogP contribution is 2.47. The van der Waals surface area contributed by atoms with Crippen molar-refractivity contribution >= 4 is 17.5 Å². The Morgan fingerprint density at radius 2 is 1.96 bits per heavy atom. The van der Waals surface area contributed by atoms with Crippen LogP contribution >= 0.6 is 11.6 Å². The van der Waals surface area contributed by atoms with E-state index in [1.54, 1.807) is 0 Å². The first-order valence-electron chi connectivity index (χ1n) is 9.73. The molecule has 6 nitrogen and oxygen atoms in total. The molecular weight excluding hydrogens is 362 g/mol. The van der Waals surface area contributed by atoms with Gasteiger partial charge in [-0.1, -0.05) is 35.9 Å². The van der Waals surface area contributed by atoms with Crippen LogP contribution < -0.4 is 10.6 Å². The molecule has 1 aliphatic heterocycles. The molecule has 0 bridgehead atoms. The predicted octanol–water partition coefficient (Wildman–Crippen LogP) is 3.29. The molecule has 4 rings (SSSR count). The number of carbonyl (C=O) groups is 1. The lowest BCUT2D eigenvalue weighted by molar-refractivity contribution is 0.0924. The Balaban J connectivity index is 1.53. The molecule has 144 valence electrons. The minimum Gasteiger partial charge on any atom is -0.343 e. The number of nitrogens with one attached hydrogen (secondary N) is 2. The van der Waals surface area contributed by atoms with Crippen molar-refractivity contribution < 1.29 is 4.79 Å². The number of amides is 1. The molecule has 1 saturated carbocycles. The summed E-state index contributed by atoms with van der Waals surface area (Å²) in [6.07, 6.45) is 3.14. The van der Waals surface area contributed by atoms with Gasteiger partial charge in [-0.15, -0.1) is 5.10 Å². The zero-order chi connectivity index (χ0) is 19.0. The van der Waals surface area contributed by atoms with Crippen LogP contribution in [0.15, 0.2) is 24.3 Å². The molecule has 2 aromatic rings. The summed E-state index contributed by atoms with van der Waals surface area (Å²) in [5.41, 5.74) is 2.37. The summed E-state index contributed by atoms with van der Waals surface area (Å²) in [6.45, 7) is 6.11. The lowest BCUT2D eigenvalue weighted by Gasteiger charge is -2.23. The van der Waals surface area contributed by atoms with Gasteiger partial charge in [0.05, 0.1) is 17.8 Å². The molecule has 0 spiro atoms. The van der Waals surface area contributed by atoms with Gasteiger partial charge < -0.3 is 10.6 Å². The van der Waals surface area contributed by atoms with E-state index in [0.717, 1.165) is 43.6 Å². The molecule has 2 aliphatic rings. The molecule has 2 N–H and O–H groups in total. The van der Waals surface area contributed by atoms with E-state index in [1.165, 1.54) is 0 Å². The number of aromatic nitrogens is 3. The fourth-order valence-corrected chi connectivity index (χ4v) is 4.21. The van der Waals surface area contributed by atoms with Gasteiger partial charge >= 0.3 is 0 Å². The Bertz CT molecular complexity index is 812. The van der Waals surface area contributed by atoms with Crippen molar-refractivity contribution in [3.8, 4) is 0 Å². The summed E-state index contributed by atoms with van der Waals surface area (Å²) in [5.74, 6) is 0.916. The maximum atomic E-state index is 13.0. The molecule has 7 heteroatoms. The van der Waals surface area contributed by atoms with Crippen LogP contribution in [0.4, 0.5) is 0 Å². The number of nitrogens with zero attached hydrogens (tertiary/aromatic N) is 3. The molecular formula is C20H26ClN5O. The van der Waals surface area contributed by atoms with Crippen molar-refractivity contribution in [1.29, 1.82) is 0 Å². The fourth-order valence-electron chi connectivity index (χ4n) is 4.08. The zero-order valence-electron chi connectivity index (χ0n) is 15.8. The number of benzene rings is 1. The van der Waals surface area contributed by atoms with E-state index in [2.05, 4.69) is 27.9 Å². The molecule has 1 aromatic carbocycles. The molecule has 1 aliphatic carbocycles. The molecule has 3 atom stereocenters. The van der Waals surface area contributed by atoms with E-state index in [4.69, 9.17) is 11.6 Å². The summed E-state index contributed by atoms with van der Waals surface area (Å²) < 4.78 is 1.92. The van der Waals surface area contributed by atoms with Crippen molar-refractivity contribution in [3.05, 3.63) is 46.2 Å². The first-order valence-corrected chi connectivity index (χ1v) is 10.1. The Hall–Kier alpha value is -1.92. The Morgan fingerprint density at radius 1 is 1.30 bits per heavy atom. The highest BCUT2D eigenvalue weighted by molar-refractivity contribution is 6.30. The van der Waals surface area contributed by atoms with Crippen LogP contribution in [-0.4, -0.2) is 34.0 Å². The van der Waals surface area contributed by atoms with Gasteiger partial charge in [0, 0.05) is 5.02 Å². The van der Waals surface area contributed by atoms with Crippen LogP contribution in [0, 0.1) is 18.8 Å². The monoisotopic (exact) mass is 387 g/mol. The average Bonchev–Trinajstić information content (AvgIpc) is 3.27. The highest BCUT2D eigenvalue weighted by Gasteiger charge is 2.41. The Kier molecular flexibility index (Phi) is 5.19. The van der Waals surface area contributed by atoms with Gasteiger partial charge in [-0.05, 0) is 68.8 Å². The lowest BCUT2D eigenvalue weighted by atomic mass is 10.0. The van der Waals surface area contributed by atoms with E-state index < -0.39 is 0 Å². The molecule has 27 heavy (non-hydrogen) atoms. The summed E-state index contributed by atoms with van der Waals surface area (Å²) in [5, 5.41) is 15.8. The van der Waals surface area contributed by atoms with E-state index in [-0.39, 0.29) is 11.9 Å². The minimum atomic E-state index is -0.147. The molecule has 0 radical (unpaired) electrons.